The van der Waals surface area contributed by atoms with Gasteiger partial charge in [-0.3, -0.25) is 9.36 Å². The quantitative estimate of drug-likeness (QED) is 0.283. The molecule has 2 aromatic carbocycles. The van der Waals surface area contributed by atoms with Gasteiger partial charge in [0.25, 0.3) is 0 Å². The molecule has 0 unspecified atom stereocenters. The molecule has 33 heavy (non-hydrogen) atoms. The Hall–Kier alpha value is -3.46. The molecule has 0 bridgehead atoms. The zero-order valence-corrected chi connectivity index (χ0v) is 20.0. The number of carbonyl (C=O) groups is 1. The molecule has 4 rings (SSSR count). The fraction of sp³-hybridized carbons (Fsp3) is 0.267. The van der Waals surface area contributed by atoms with Gasteiger partial charge in [0.15, 0.2) is 0 Å². The molecule has 3 nitrogen and oxygen atoms in total. The Kier molecular flexibility index (Phi) is 6.60. The molecule has 3 heteroatoms. The fourth-order valence-electron chi connectivity index (χ4n) is 4.18. The molecule has 0 aliphatic rings. The van der Waals surface area contributed by atoms with Crippen LogP contribution in [0.15, 0.2) is 84.9 Å². The van der Waals surface area contributed by atoms with Crippen LogP contribution in [0.4, 0.5) is 0 Å². The summed E-state index contributed by atoms with van der Waals surface area (Å²) in [5.41, 5.74) is 5.29. The van der Waals surface area contributed by atoms with E-state index >= 15 is 0 Å². The molecule has 0 fully saturated rings. The van der Waals surface area contributed by atoms with Crippen molar-refractivity contribution in [1.29, 1.82) is 0 Å². The number of hydrogen-bond donors (Lipinski definition) is 0. The van der Waals surface area contributed by atoms with Crippen LogP contribution in [0.25, 0.3) is 17.1 Å². The summed E-state index contributed by atoms with van der Waals surface area (Å²) < 4.78 is 2.07. The van der Waals surface area contributed by atoms with Gasteiger partial charge in [0, 0.05) is 11.3 Å². The number of aromatic nitrogens is 2. The normalized spacial score (nSPS) is 11.5. The monoisotopic (exact) mass is 436 g/mol. The average Bonchev–Trinajstić information content (AvgIpc) is 3.25. The molecule has 0 aliphatic carbocycles. The number of hydrogen-bond acceptors (Lipinski definition) is 2. The maximum absolute atomic E-state index is 14.0. The molecule has 0 radical (unpaired) electrons. The number of unbranched alkanes of at least 4 members (excludes halogenated alkanes) is 1. The molecule has 0 saturated carbocycles. The van der Waals surface area contributed by atoms with Gasteiger partial charge in [-0.15, -0.1) is 0 Å². The van der Waals surface area contributed by atoms with Gasteiger partial charge in [0.1, 0.15) is 5.82 Å². The Morgan fingerprint density at radius 1 is 0.879 bits per heavy atom. The van der Waals surface area contributed by atoms with Gasteiger partial charge >= 0.3 is 0 Å². The maximum atomic E-state index is 14.0. The lowest BCUT2D eigenvalue weighted by Crippen LogP contribution is -2.19. The van der Waals surface area contributed by atoms with Crippen LogP contribution < -0.4 is 0 Å². The molecule has 0 atom stereocenters. The van der Waals surface area contributed by atoms with E-state index < -0.39 is 0 Å². The summed E-state index contributed by atoms with van der Waals surface area (Å²) in [6.45, 7) is 8.67. The molecule has 4 aromatic rings. The Bertz CT molecular complexity index is 1230. The standard InChI is InChI=1S/C30H32N2O/c1-5-6-18-24-19-13-20-27(31-24)32-26(22-14-9-7-10-15-22)21-25(30(2,3)4)28(32)29(33)23-16-11-8-12-17-23/h7-17,19-21H,5-6,18H2,1-4H3. The van der Waals surface area contributed by atoms with Crippen molar-refractivity contribution in [3.8, 4) is 17.1 Å². The van der Waals surface area contributed by atoms with E-state index in [0.29, 0.717) is 11.3 Å². The van der Waals surface area contributed by atoms with Gasteiger partial charge in [-0.1, -0.05) is 101 Å². The number of rotatable bonds is 7. The predicted molar refractivity (Wildman–Crippen MR) is 136 cm³/mol. The Labute approximate surface area is 197 Å². The first-order chi connectivity index (χ1) is 15.9. The van der Waals surface area contributed by atoms with Gasteiger partial charge in [0.05, 0.1) is 11.4 Å². The minimum Gasteiger partial charge on any atom is -0.290 e. The van der Waals surface area contributed by atoms with E-state index in [0.717, 1.165) is 47.6 Å². The summed E-state index contributed by atoms with van der Waals surface area (Å²) in [7, 11) is 0. The van der Waals surface area contributed by atoms with Crippen LogP contribution in [0.3, 0.4) is 0 Å². The zero-order chi connectivity index (χ0) is 23.4. The third kappa shape index (κ3) is 4.83. The lowest BCUT2D eigenvalue weighted by Gasteiger charge is -2.20. The first kappa shape index (κ1) is 22.7. The Balaban J connectivity index is 2.02. The van der Waals surface area contributed by atoms with Gasteiger partial charge in [-0.2, -0.15) is 0 Å². The van der Waals surface area contributed by atoms with E-state index in [1.54, 1.807) is 0 Å². The van der Waals surface area contributed by atoms with Crippen molar-refractivity contribution in [2.75, 3.05) is 0 Å². The number of nitrogens with zero attached hydrogens (tertiary/aromatic N) is 2. The van der Waals surface area contributed by atoms with E-state index in [1.165, 1.54) is 0 Å². The van der Waals surface area contributed by atoms with Crippen molar-refractivity contribution in [3.63, 3.8) is 0 Å². The molecule has 0 spiro atoms. The Morgan fingerprint density at radius 2 is 1.55 bits per heavy atom. The minimum absolute atomic E-state index is 0.0171. The Morgan fingerprint density at radius 3 is 2.18 bits per heavy atom. The largest absolute Gasteiger partial charge is 0.290 e. The van der Waals surface area contributed by atoms with Gasteiger partial charge < -0.3 is 0 Å². The van der Waals surface area contributed by atoms with Crippen LogP contribution >= 0.6 is 0 Å². The van der Waals surface area contributed by atoms with Crippen LogP contribution in [0.2, 0.25) is 0 Å². The zero-order valence-electron chi connectivity index (χ0n) is 20.0. The molecular formula is C30H32N2O. The van der Waals surface area contributed by atoms with Crippen molar-refractivity contribution in [2.45, 2.75) is 52.4 Å². The second-order valence-corrected chi connectivity index (χ2v) is 9.53. The number of aryl methyl sites for hydroxylation is 1. The molecule has 2 aromatic heterocycles. The number of pyridine rings is 1. The van der Waals surface area contributed by atoms with Crippen LogP contribution in [-0.4, -0.2) is 15.3 Å². The number of ketones is 1. The molecule has 0 aliphatic heterocycles. The topological polar surface area (TPSA) is 34.9 Å². The van der Waals surface area contributed by atoms with Crippen LogP contribution in [0.1, 0.15) is 67.8 Å². The lowest BCUT2D eigenvalue weighted by atomic mass is 9.85. The van der Waals surface area contributed by atoms with Crippen molar-refractivity contribution in [1.82, 2.24) is 9.55 Å². The second kappa shape index (κ2) is 9.58. The molecular weight excluding hydrogens is 404 g/mol. The number of benzene rings is 2. The highest BCUT2D eigenvalue weighted by Gasteiger charge is 2.30. The fourth-order valence-corrected chi connectivity index (χ4v) is 4.18. The van der Waals surface area contributed by atoms with E-state index in [-0.39, 0.29) is 11.2 Å². The van der Waals surface area contributed by atoms with Crippen LogP contribution in [-0.2, 0) is 11.8 Å². The summed E-state index contributed by atoms with van der Waals surface area (Å²) >= 11 is 0. The lowest BCUT2D eigenvalue weighted by molar-refractivity contribution is 0.103. The van der Waals surface area contributed by atoms with Crippen molar-refractivity contribution in [3.05, 3.63) is 107 Å². The second-order valence-electron chi connectivity index (χ2n) is 9.53. The average molecular weight is 437 g/mol. The summed E-state index contributed by atoms with van der Waals surface area (Å²) in [4.78, 5) is 19.0. The first-order valence-corrected chi connectivity index (χ1v) is 11.8. The molecule has 2 heterocycles. The summed E-state index contributed by atoms with van der Waals surface area (Å²) in [5, 5.41) is 0. The predicted octanol–water partition coefficient (Wildman–Crippen LogP) is 7.41. The highest BCUT2D eigenvalue weighted by molar-refractivity contribution is 6.10. The summed E-state index contributed by atoms with van der Waals surface area (Å²) in [5.74, 6) is 0.806. The smallest absolute Gasteiger partial charge is 0.210 e. The van der Waals surface area contributed by atoms with Gasteiger partial charge in [0.2, 0.25) is 5.78 Å². The highest BCUT2D eigenvalue weighted by Crippen LogP contribution is 2.36. The van der Waals surface area contributed by atoms with Gasteiger partial charge in [-0.25, -0.2) is 4.98 Å². The van der Waals surface area contributed by atoms with Crippen molar-refractivity contribution < 1.29 is 4.79 Å². The molecule has 0 N–H and O–H groups in total. The third-order valence-corrected chi connectivity index (χ3v) is 5.94. The van der Waals surface area contributed by atoms with E-state index in [4.69, 9.17) is 4.98 Å². The van der Waals surface area contributed by atoms with Crippen molar-refractivity contribution >= 4 is 5.78 Å². The van der Waals surface area contributed by atoms with E-state index in [2.05, 4.69) is 62.6 Å². The van der Waals surface area contributed by atoms with Crippen molar-refractivity contribution in [2.24, 2.45) is 0 Å². The SMILES string of the molecule is CCCCc1cccc(-n2c(-c3ccccc3)cc(C(C)(C)C)c2C(=O)c2ccccc2)n1. The van der Waals surface area contributed by atoms with E-state index in [1.807, 2.05) is 54.6 Å². The van der Waals surface area contributed by atoms with E-state index in [9.17, 15) is 4.79 Å². The summed E-state index contributed by atoms with van der Waals surface area (Å²) in [6.07, 6.45) is 3.15. The van der Waals surface area contributed by atoms with Crippen LogP contribution in [0, 0.1) is 0 Å². The van der Waals surface area contributed by atoms with Gasteiger partial charge in [-0.05, 0) is 47.6 Å². The third-order valence-electron chi connectivity index (χ3n) is 5.94. The summed E-state index contributed by atoms with van der Waals surface area (Å²) in [6, 6.07) is 28.1. The molecule has 0 amide bonds. The minimum atomic E-state index is -0.214. The highest BCUT2D eigenvalue weighted by atomic mass is 16.1. The number of carbonyl (C=O) groups excluding carboxylic acids is 1. The molecule has 168 valence electrons. The first-order valence-electron chi connectivity index (χ1n) is 11.8. The molecule has 0 saturated heterocycles. The van der Waals surface area contributed by atoms with Crippen LogP contribution in [0.5, 0.6) is 0 Å². The maximum Gasteiger partial charge on any atom is 0.210 e.